The van der Waals surface area contributed by atoms with Crippen molar-refractivity contribution in [2.45, 2.75) is 13.0 Å². The number of rotatable bonds is 5. The second kappa shape index (κ2) is 10.3. The van der Waals surface area contributed by atoms with Crippen molar-refractivity contribution in [1.29, 1.82) is 0 Å². The minimum absolute atomic E-state index is 0. The Hall–Kier alpha value is -0.560. The van der Waals surface area contributed by atoms with Gasteiger partial charge in [0.25, 0.3) is 5.91 Å². The molecule has 23 heavy (non-hydrogen) atoms. The topological polar surface area (TPSA) is 54.0 Å². The molecule has 1 unspecified atom stereocenters. The van der Waals surface area contributed by atoms with Crippen LogP contribution in [0.25, 0.3) is 10.6 Å². The summed E-state index contributed by atoms with van der Waals surface area (Å²) < 4.78 is 0. The summed E-state index contributed by atoms with van der Waals surface area (Å²) in [7, 11) is 1.85. The van der Waals surface area contributed by atoms with Crippen LogP contribution in [-0.2, 0) is 0 Å². The van der Waals surface area contributed by atoms with E-state index in [0.29, 0.717) is 27.3 Å². The van der Waals surface area contributed by atoms with E-state index in [0.717, 1.165) is 5.56 Å². The summed E-state index contributed by atoms with van der Waals surface area (Å²) in [5.74, 6) is -0.190. The molecule has 0 aliphatic heterocycles. The van der Waals surface area contributed by atoms with Gasteiger partial charge in [-0.15, -0.1) is 36.2 Å². The number of hydrogen-bond acceptors (Lipinski definition) is 4. The van der Waals surface area contributed by atoms with Gasteiger partial charge < -0.3 is 10.6 Å². The Morgan fingerprint density at radius 2 is 2.04 bits per heavy atom. The van der Waals surface area contributed by atoms with E-state index in [4.69, 9.17) is 23.2 Å². The first-order valence-electron chi connectivity index (χ1n) is 6.37. The molecule has 1 heterocycles. The lowest BCUT2D eigenvalue weighted by Crippen LogP contribution is -2.37. The van der Waals surface area contributed by atoms with E-state index in [1.165, 1.54) is 11.3 Å². The summed E-state index contributed by atoms with van der Waals surface area (Å²) >= 11 is 13.4. The maximum absolute atomic E-state index is 12.0. The Morgan fingerprint density at radius 3 is 2.65 bits per heavy atom. The summed E-state index contributed by atoms with van der Waals surface area (Å²) in [5, 5.41) is 9.39. The normalized spacial score (nSPS) is 11.1. The zero-order chi connectivity index (χ0) is 15.4. The van der Waals surface area contributed by atoms with Crippen molar-refractivity contribution >= 4 is 65.3 Å². The summed E-state index contributed by atoms with van der Waals surface area (Å²) in [6.07, 6.45) is 0. The zero-order valence-electron chi connectivity index (χ0n) is 12.4. The number of carbonyl (C=O) groups is 1. The quantitative estimate of drug-likeness (QED) is 0.763. The van der Waals surface area contributed by atoms with Crippen LogP contribution in [0.1, 0.15) is 17.4 Å². The van der Waals surface area contributed by atoms with Crippen molar-refractivity contribution in [1.82, 2.24) is 15.6 Å². The van der Waals surface area contributed by atoms with Crippen LogP contribution >= 0.6 is 59.4 Å². The van der Waals surface area contributed by atoms with Gasteiger partial charge in [-0.2, -0.15) is 0 Å². The van der Waals surface area contributed by atoms with Gasteiger partial charge in [-0.25, -0.2) is 4.98 Å². The number of amides is 1. The van der Waals surface area contributed by atoms with Gasteiger partial charge in [0, 0.05) is 28.6 Å². The van der Waals surface area contributed by atoms with Crippen LogP contribution in [0.5, 0.6) is 0 Å². The molecule has 0 fully saturated rings. The maximum Gasteiger partial charge on any atom is 0.270 e. The molecule has 0 radical (unpaired) electrons. The minimum Gasteiger partial charge on any atom is -0.349 e. The number of nitrogens with one attached hydrogen (secondary N) is 2. The van der Waals surface area contributed by atoms with E-state index in [2.05, 4.69) is 15.6 Å². The fourth-order valence-electron chi connectivity index (χ4n) is 1.60. The van der Waals surface area contributed by atoms with E-state index < -0.39 is 0 Å². The van der Waals surface area contributed by atoms with Crippen molar-refractivity contribution in [3.63, 3.8) is 0 Å². The second-order valence-electron chi connectivity index (χ2n) is 4.56. The molecule has 1 aromatic carbocycles. The smallest absolute Gasteiger partial charge is 0.270 e. The minimum atomic E-state index is -0.190. The number of hydrogen-bond donors (Lipinski definition) is 2. The summed E-state index contributed by atoms with van der Waals surface area (Å²) in [4.78, 5) is 16.3. The van der Waals surface area contributed by atoms with Crippen LogP contribution in [0.4, 0.5) is 0 Å². The molecule has 0 bridgehead atoms. The fraction of sp³-hybridized carbons (Fsp3) is 0.286. The number of likely N-dealkylation sites (N-methyl/N-ethyl adjacent to an activating group) is 1. The number of halogens is 4. The molecule has 0 aliphatic rings. The van der Waals surface area contributed by atoms with E-state index in [1.54, 1.807) is 23.6 Å². The highest BCUT2D eigenvalue weighted by Crippen LogP contribution is 2.32. The number of nitrogens with zero attached hydrogens (tertiary/aromatic N) is 1. The molecular formula is C14H17Cl4N3OS. The Kier molecular flexibility index (Phi) is 10.1. The number of thiazole rings is 1. The standard InChI is InChI=1S/C14H15Cl2N3OS.2ClH/c1-8(17-2)6-18-13(20)12-7-21-14(19-12)10-4-3-9(15)5-11(10)16;;/h3-5,7-8,17H,6H2,1-2H3,(H,18,20);2*1H. The van der Waals surface area contributed by atoms with Crippen LogP contribution in [0.3, 0.4) is 0 Å². The van der Waals surface area contributed by atoms with Gasteiger partial charge in [-0.1, -0.05) is 23.2 Å². The van der Waals surface area contributed by atoms with Crippen LogP contribution in [0, 0.1) is 0 Å². The van der Waals surface area contributed by atoms with Crippen LogP contribution in [0.2, 0.25) is 10.0 Å². The van der Waals surface area contributed by atoms with E-state index in [-0.39, 0.29) is 36.8 Å². The summed E-state index contributed by atoms with van der Waals surface area (Å²) in [6.45, 7) is 2.53. The lowest BCUT2D eigenvalue weighted by molar-refractivity contribution is 0.0946. The van der Waals surface area contributed by atoms with Crippen molar-refractivity contribution in [2.75, 3.05) is 13.6 Å². The Labute approximate surface area is 161 Å². The first kappa shape index (κ1) is 22.4. The first-order chi connectivity index (χ1) is 10.0. The van der Waals surface area contributed by atoms with Crippen molar-refractivity contribution in [3.8, 4) is 10.6 Å². The Balaban J connectivity index is 0.00000242. The van der Waals surface area contributed by atoms with Crippen LogP contribution in [0.15, 0.2) is 23.6 Å². The lowest BCUT2D eigenvalue weighted by Gasteiger charge is -2.10. The van der Waals surface area contributed by atoms with Crippen molar-refractivity contribution in [3.05, 3.63) is 39.3 Å². The van der Waals surface area contributed by atoms with Gasteiger partial charge in [0.05, 0.1) is 5.02 Å². The predicted octanol–water partition coefficient (Wildman–Crippen LogP) is 4.30. The molecule has 2 rings (SSSR count). The van der Waals surface area contributed by atoms with Gasteiger partial charge in [0.15, 0.2) is 0 Å². The van der Waals surface area contributed by atoms with Gasteiger partial charge in [-0.05, 0) is 32.2 Å². The molecule has 128 valence electrons. The molecule has 4 nitrogen and oxygen atoms in total. The highest BCUT2D eigenvalue weighted by Gasteiger charge is 2.14. The average Bonchev–Trinajstić information content (AvgIpc) is 2.93. The van der Waals surface area contributed by atoms with E-state index in [9.17, 15) is 4.79 Å². The van der Waals surface area contributed by atoms with Crippen LogP contribution in [-0.4, -0.2) is 30.5 Å². The molecule has 0 aliphatic carbocycles. The fourth-order valence-corrected chi connectivity index (χ4v) is 3.00. The lowest BCUT2D eigenvalue weighted by atomic mass is 10.2. The second-order valence-corrected chi connectivity index (χ2v) is 6.26. The van der Waals surface area contributed by atoms with Gasteiger partial charge in [-0.3, -0.25) is 4.79 Å². The molecule has 0 spiro atoms. The number of aromatic nitrogens is 1. The average molecular weight is 417 g/mol. The van der Waals surface area contributed by atoms with Crippen LogP contribution < -0.4 is 10.6 Å². The third-order valence-electron chi connectivity index (χ3n) is 2.96. The van der Waals surface area contributed by atoms with Gasteiger partial charge in [0.2, 0.25) is 0 Å². The summed E-state index contributed by atoms with van der Waals surface area (Å²) in [6, 6.07) is 5.42. The molecule has 1 atom stereocenters. The first-order valence-corrected chi connectivity index (χ1v) is 8.01. The third-order valence-corrected chi connectivity index (χ3v) is 4.38. The number of benzene rings is 1. The van der Waals surface area contributed by atoms with Gasteiger partial charge >= 0.3 is 0 Å². The Bertz CT molecular complexity index is 651. The predicted molar refractivity (Wildman–Crippen MR) is 103 cm³/mol. The highest BCUT2D eigenvalue weighted by atomic mass is 35.5. The maximum atomic E-state index is 12.0. The van der Waals surface area contributed by atoms with Crippen molar-refractivity contribution < 1.29 is 4.79 Å². The molecule has 9 heteroatoms. The highest BCUT2D eigenvalue weighted by molar-refractivity contribution is 7.13. The molecule has 0 saturated heterocycles. The largest absolute Gasteiger partial charge is 0.349 e. The van der Waals surface area contributed by atoms with E-state index in [1.807, 2.05) is 14.0 Å². The SMILES string of the molecule is CNC(C)CNC(=O)c1csc(-c2ccc(Cl)cc2Cl)n1.Cl.Cl. The summed E-state index contributed by atoms with van der Waals surface area (Å²) in [5.41, 5.74) is 1.16. The molecule has 2 aromatic rings. The molecule has 2 N–H and O–H groups in total. The monoisotopic (exact) mass is 415 g/mol. The van der Waals surface area contributed by atoms with Gasteiger partial charge in [0.1, 0.15) is 10.7 Å². The van der Waals surface area contributed by atoms with E-state index >= 15 is 0 Å². The molecular weight excluding hydrogens is 400 g/mol. The zero-order valence-corrected chi connectivity index (χ0v) is 16.4. The molecule has 1 aromatic heterocycles. The number of carbonyl (C=O) groups excluding carboxylic acids is 1. The van der Waals surface area contributed by atoms with Crippen molar-refractivity contribution in [2.24, 2.45) is 0 Å². The molecule has 1 amide bonds. The molecule has 0 saturated carbocycles. The third kappa shape index (κ3) is 6.10. The Morgan fingerprint density at radius 1 is 1.35 bits per heavy atom.